The topological polar surface area (TPSA) is 50.8 Å². The fraction of sp³-hybridized carbons (Fsp3) is 0.650. The molecule has 0 spiro atoms. The first-order valence-corrected chi connectivity index (χ1v) is 9.23. The highest BCUT2D eigenvalue weighted by Gasteiger charge is 2.19. The van der Waals surface area contributed by atoms with Crippen LogP contribution in [0.2, 0.25) is 0 Å². The van der Waals surface area contributed by atoms with Crippen LogP contribution in [0.5, 0.6) is 11.5 Å². The van der Waals surface area contributed by atoms with Gasteiger partial charge in [0.25, 0.3) is 0 Å². The Morgan fingerprint density at radius 2 is 1.96 bits per heavy atom. The third-order valence-corrected chi connectivity index (χ3v) is 4.99. The number of nitrogens with zero attached hydrogens (tertiary/aromatic N) is 1. The molecule has 140 valence electrons. The molecular weight excluding hydrogens is 316 g/mol. The lowest BCUT2D eigenvalue weighted by molar-refractivity contribution is -0.122. The quantitative estimate of drug-likeness (QED) is 0.782. The summed E-state index contributed by atoms with van der Waals surface area (Å²) in [6.07, 6.45) is 6.61. The molecule has 1 unspecified atom stereocenters. The average Bonchev–Trinajstić information content (AvgIpc) is 2.61. The summed E-state index contributed by atoms with van der Waals surface area (Å²) in [5.74, 6) is 2.29. The molecule has 0 heterocycles. The number of amides is 1. The predicted octanol–water partition coefficient (Wildman–Crippen LogP) is 3.39. The van der Waals surface area contributed by atoms with Crippen LogP contribution in [-0.2, 0) is 4.79 Å². The van der Waals surface area contributed by atoms with Crippen LogP contribution in [0, 0.1) is 5.92 Å². The molecule has 1 N–H and O–H groups in total. The number of rotatable bonds is 8. The highest BCUT2D eigenvalue weighted by Crippen LogP contribution is 2.29. The molecule has 5 nitrogen and oxygen atoms in total. The van der Waals surface area contributed by atoms with Crippen LogP contribution in [0.15, 0.2) is 18.2 Å². The molecule has 1 atom stereocenters. The standard InChI is InChI=1S/C20H32N2O3/c1-15(18-12-17(24-3)10-11-19(18)25-4)21-20(23)14-22(2)13-16-8-6-5-7-9-16/h10-12,15-16H,5-9,13-14H2,1-4H3,(H,21,23). The second-order valence-electron chi connectivity index (χ2n) is 7.10. The molecule has 1 aromatic carbocycles. The van der Waals surface area contributed by atoms with Gasteiger partial charge in [-0.1, -0.05) is 19.3 Å². The first-order valence-electron chi connectivity index (χ1n) is 9.23. The molecule has 5 heteroatoms. The molecule has 25 heavy (non-hydrogen) atoms. The van der Waals surface area contributed by atoms with E-state index in [1.165, 1.54) is 32.1 Å². The van der Waals surface area contributed by atoms with Crippen molar-refractivity contribution in [2.45, 2.75) is 45.1 Å². The summed E-state index contributed by atoms with van der Waals surface area (Å²) in [5, 5.41) is 3.07. The van der Waals surface area contributed by atoms with Crippen LogP contribution in [-0.4, -0.2) is 45.2 Å². The van der Waals surface area contributed by atoms with Crippen molar-refractivity contribution in [3.05, 3.63) is 23.8 Å². The van der Waals surface area contributed by atoms with Gasteiger partial charge in [-0.3, -0.25) is 9.69 Å². The maximum absolute atomic E-state index is 12.4. The monoisotopic (exact) mass is 348 g/mol. The molecule has 0 radical (unpaired) electrons. The minimum atomic E-state index is -0.138. The Morgan fingerprint density at radius 3 is 2.60 bits per heavy atom. The molecule has 0 aliphatic heterocycles. The molecule has 1 amide bonds. The van der Waals surface area contributed by atoms with Crippen LogP contribution in [0.25, 0.3) is 0 Å². The van der Waals surface area contributed by atoms with Crippen LogP contribution >= 0.6 is 0 Å². The summed E-state index contributed by atoms with van der Waals surface area (Å²) in [7, 11) is 5.30. The molecule has 2 rings (SSSR count). The zero-order valence-corrected chi connectivity index (χ0v) is 16.0. The van der Waals surface area contributed by atoms with Crippen molar-refractivity contribution in [3.63, 3.8) is 0 Å². The van der Waals surface area contributed by atoms with Crippen LogP contribution in [0.3, 0.4) is 0 Å². The molecule has 1 aliphatic carbocycles. The SMILES string of the molecule is COc1ccc(OC)c(C(C)NC(=O)CN(C)CC2CCCCC2)c1. The van der Waals surface area contributed by atoms with Gasteiger partial charge in [0.15, 0.2) is 0 Å². The van der Waals surface area contributed by atoms with E-state index in [9.17, 15) is 4.79 Å². The number of nitrogens with one attached hydrogen (secondary N) is 1. The Bertz CT molecular complexity index is 556. The van der Waals surface area contributed by atoms with Gasteiger partial charge < -0.3 is 14.8 Å². The Hall–Kier alpha value is -1.75. The molecule has 1 aromatic rings. The van der Waals surface area contributed by atoms with Crippen molar-refractivity contribution in [1.82, 2.24) is 10.2 Å². The van der Waals surface area contributed by atoms with Crippen LogP contribution in [0.1, 0.15) is 50.6 Å². The third-order valence-electron chi connectivity index (χ3n) is 4.99. The second kappa shape index (κ2) is 9.66. The normalized spacial score (nSPS) is 16.5. The van der Waals surface area contributed by atoms with Gasteiger partial charge in [-0.25, -0.2) is 0 Å². The maximum Gasteiger partial charge on any atom is 0.234 e. The molecule has 1 saturated carbocycles. The lowest BCUT2D eigenvalue weighted by Crippen LogP contribution is -2.38. The molecule has 0 bridgehead atoms. The van der Waals surface area contributed by atoms with Crippen LogP contribution < -0.4 is 14.8 Å². The largest absolute Gasteiger partial charge is 0.497 e. The number of hydrogen-bond acceptors (Lipinski definition) is 4. The van der Waals surface area contributed by atoms with Crippen molar-refractivity contribution in [2.24, 2.45) is 5.92 Å². The van der Waals surface area contributed by atoms with E-state index in [1.54, 1.807) is 14.2 Å². The predicted molar refractivity (Wildman–Crippen MR) is 100 cm³/mol. The van der Waals surface area contributed by atoms with E-state index < -0.39 is 0 Å². The lowest BCUT2D eigenvalue weighted by Gasteiger charge is -2.27. The number of methoxy groups -OCH3 is 2. The fourth-order valence-corrected chi connectivity index (χ4v) is 3.66. The lowest BCUT2D eigenvalue weighted by atomic mass is 9.89. The van der Waals surface area contributed by atoms with E-state index in [0.29, 0.717) is 6.54 Å². The number of hydrogen-bond donors (Lipinski definition) is 1. The molecule has 1 fully saturated rings. The summed E-state index contributed by atoms with van der Waals surface area (Å²) < 4.78 is 10.7. The number of carbonyl (C=O) groups excluding carboxylic acids is 1. The van der Waals surface area contributed by atoms with Gasteiger partial charge in [0.05, 0.1) is 26.8 Å². The van der Waals surface area contributed by atoms with Crippen molar-refractivity contribution < 1.29 is 14.3 Å². The number of ether oxygens (including phenoxy) is 2. The van der Waals surface area contributed by atoms with Gasteiger partial charge in [-0.05, 0) is 50.9 Å². The first kappa shape index (κ1) is 19.6. The summed E-state index contributed by atoms with van der Waals surface area (Å²) in [5.41, 5.74) is 0.921. The average molecular weight is 348 g/mol. The Balaban J connectivity index is 1.88. The van der Waals surface area contributed by atoms with Gasteiger partial charge in [0.1, 0.15) is 11.5 Å². The van der Waals surface area contributed by atoms with E-state index in [2.05, 4.69) is 10.2 Å². The summed E-state index contributed by atoms with van der Waals surface area (Å²) in [6, 6.07) is 5.50. The zero-order chi connectivity index (χ0) is 18.2. The highest BCUT2D eigenvalue weighted by molar-refractivity contribution is 5.78. The van der Waals surface area contributed by atoms with Gasteiger partial charge >= 0.3 is 0 Å². The van der Waals surface area contributed by atoms with Crippen LogP contribution in [0.4, 0.5) is 0 Å². The zero-order valence-electron chi connectivity index (χ0n) is 16.0. The number of carbonyl (C=O) groups is 1. The van der Waals surface area contributed by atoms with E-state index in [4.69, 9.17) is 9.47 Å². The molecular formula is C20H32N2O3. The Kier molecular flexibility index (Phi) is 7.56. The van der Waals surface area contributed by atoms with Crippen molar-refractivity contribution in [1.29, 1.82) is 0 Å². The smallest absolute Gasteiger partial charge is 0.234 e. The van der Waals surface area contributed by atoms with Crippen molar-refractivity contribution in [3.8, 4) is 11.5 Å². The highest BCUT2D eigenvalue weighted by atomic mass is 16.5. The second-order valence-corrected chi connectivity index (χ2v) is 7.10. The molecule has 0 aromatic heterocycles. The summed E-state index contributed by atoms with van der Waals surface area (Å²) in [6.45, 7) is 3.40. The van der Waals surface area contributed by atoms with Gasteiger partial charge in [-0.15, -0.1) is 0 Å². The summed E-state index contributed by atoms with van der Waals surface area (Å²) in [4.78, 5) is 14.5. The Labute approximate surface area is 151 Å². The Morgan fingerprint density at radius 1 is 1.24 bits per heavy atom. The van der Waals surface area contributed by atoms with E-state index in [0.717, 1.165) is 29.5 Å². The first-order chi connectivity index (χ1) is 12.0. The maximum atomic E-state index is 12.4. The summed E-state index contributed by atoms with van der Waals surface area (Å²) >= 11 is 0. The number of likely N-dealkylation sites (N-methyl/N-ethyl adjacent to an activating group) is 1. The van der Waals surface area contributed by atoms with Gasteiger partial charge in [-0.2, -0.15) is 0 Å². The molecule has 1 aliphatic rings. The minimum absolute atomic E-state index is 0.0377. The van der Waals surface area contributed by atoms with E-state index in [-0.39, 0.29) is 11.9 Å². The minimum Gasteiger partial charge on any atom is -0.497 e. The van der Waals surface area contributed by atoms with Gasteiger partial charge in [0.2, 0.25) is 5.91 Å². The van der Waals surface area contributed by atoms with E-state index >= 15 is 0 Å². The van der Waals surface area contributed by atoms with E-state index in [1.807, 2.05) is 32.2 Å². The van der Waals surface area contributed by atoms with Crippen molar-refractivity contribution in [2.75, 3.05) is 34.4 Å². The molecule has 0 saturated heterocycles. The van der Waals surface area contributed by atoms with Gasteiger partial charge in [0, 0.05) is 12.1 Å². The third kappa shape index (κ3) is 5.92. The number of benzene rings is 1. The fourth-order valence-electron chi connectivity index (χ4n) is 3.66. The van der Waals surface area contributed by atoms with Crippen molar-refractivity contribution >= 4 is 5.91 Å².